The Balaban J connectivity index is 0.00000199. The highest BCUT2D eigenvalue weighted by atomic mass is 16.4. The van der Waals surface area contributed by atoms with Gasteiger partial charge in [-0.15, -0.1) is 0 Å². The van der Waals surface area contributed by atoms with E-state index in [1.807, 2.05) is 26.0 Å². The van der Waals surface area contributed by atoms with Crippen LogP contribution < -0.4 is 0 Å². The number of rotatable bonds is 5. The molecule has 0 heterocycles. The zero-order valence-electron chi connectivity index (χ0n) is 20.7. The predicted octanol–water partition coefficient (Wildman–Crippen LogP) is 7.95. The van der Waals surface area contributed by atoms with Crippen LogP contribution in [0, 0.1) is 12.3 Å². The molecule has 0 unspecified atom stereocenters. The third-order valence-corrected chi connectivity index (χ3v) is 5.47. The third-order valence-electron chi connectivity index (χ3n) is 5.47. The van der Waals surface area contributed by atoms with Crippen molar-refractivity contribution >= 4 is 23.3 Å². The largest absolute Gasteiger partial charge is 0.478 e. The molecule has 0 saturated carbocycles. The van der Waals surface area contributed by atoms with Gasteiger partial charge in [-0.05, 0) is 65.7 Å². The standard InChI is InChI=1S/C28H29NO3.C2H6/c1-20-7-12-22(13-8-20)25-6-4-5-23(17-18-28(2,3)19-25)26(29-32)16-11-21-9-14-24(15-10-21)27(30)31;1-2/h4-5,7-17,19,32H,6,18H2,1-3H3,(H,30,31);1-2H3/b5-4-,16-11+,23-17+,25-19+,29-26+;. The highest BCUT2D eigenvalue weighted by Gasteiger charge is 2.17. The van der Waals surface area contributed by atoms with Gasteiger partial charge in [0, 0.05) is 0 Å². The number of allylic oxidation sites excluding steroid dienone is 7. The number of hydrogen-bond acceptors (Lipinski definition) is 3. The van der Waals surface area contributed by atoms with Crippen molar-refractivity contribution in [3.05, 3.63) is 107 Å². The lowest BCUT2D eigenvalue weighted by Gasteiger charge is -2.20. The highest BCUT2D eigenvalue weighted by Crippen LogP contribution is 2.32. The Labute approximate surface area is 203 Å². The molecule has 0 fully saturated rings. The summed E-state index contributed by atoms with van der Waals surface area (Å²) in [5.41, 5.74) is 6.04. The van der Waals surface area contributed by atoms with Crippen LogP contribution in [-0.2, 0) is 0 Å². The number of carboxylic acid groups (broad SMARTS) is 1. The molecule has 0 amide bonds. The van der Waals surface area contributed by atoms with Crippen LogP contribution in [0.2, 0.25) is 0 Å². The molecule has 0 aliphatic heterocycles. The van der Waals surface area contributed by atoms with Gasteiger partial charge in [0.15, 0.2) is 0 Å². The number of benzene rings is 2. The van der Waals surface area contributed by atoms with Crippen molar-refractivity contribution < 1.29 is 15.1 Å². The number of oxime groups is 1. The van der Waals surface area contributed by atoms with E-state index in [0.29, 0.717) is 5.71 Å². The van der Waals surface area contributed by atoms with E-state index < -0.39 is 5.97 Å². The lowest BCUT2D eigenvalue weighted by atomic mass is 9.84. The fraction of sp³-hybridized carbons (Fsp3) is 0.267. The Bertz CT molecular complexity index is 1110. The topological polar surface area (TPSA) is 69.9 Å². The van der Waals surface area contributed by atoms with Crippen LogP contribution in [0.25, 0.3) is 11.6 Å². The molecule has 0 aromatic heterocycles. The minimum absolute atomic E-state index is 0.0611. The van der Waals surface area contributed by atoms with Gasteiger partial charge >= 0.3 is 5.97 Å². The molecule has 0 bridgehead atoms. The van der Waals surface area contributed by atoms with E-state index in [9.17, 15) is 10.0 Å². The zero-order chi connectivity index (χ0) is 25.1. The average Bonchev–Trinajstić information content (AvgIpc) is 2.90. The summed E-state index contributed by atoms with van der Waals surface area (Å²) in [6, 6.07) is 15.1. The Hall–Kier alpha value is -3.66. The first kappa shape index (κ1) is 26.6. The van der Waals surface area contributed by atoms with Crippen LogP contribution >= 0.6 is 0 Å². The molecule has 4 nitrogen and oxygen atoms in total. The fourth-order valence-electron chi connectivity index (χ4n) is 3.60. The predicted molar refractivity (Wildman–Crippen MR) is 142 cm³/mol. The van der Waals surface area contributed by atoms with Crippen molar-refractivity contribution in [2.24, 2.45) is 10.6 Å². The summed E-state index contributed by atoms with van der Waals surface area (Å²) >= 11 is 0. The second-order valence-corrected chi connectivity index (χ2v) is 8.74. The minimum atomic E-state index is -0.958. The molecule has 4 heteroatoms. The van der Waals surface area contributed by atoms with E-state index in [1.54, 1.807) is 30.3 Å². The highest BCUT2D eigenvalue weighted by molar-refractivity contribution is 6.12. The molecule has 0 radical (unpaired) electrons. The molecule has 34 heavy (non-hydrogen) atoms. The summed E-state index contributed by atoms with van der Waals surface area (Å²) in [7, 11) is 0. The minimum Gasteiger partial charge on any atom is -0.478 e. The van der Waals surface area contributed by atoms with Gasteiger partial charge in [0.25, 0.3) is 0 Å². The molecule has 1 aliphatic carbocycles. The van der Waals surface area contributed by atoms with Crippen LogP contribution in [0.4, 0.5) is 0 Å². The van der Waals surface area contributed by atoms with Gasteiger partial charge in [0.05, 0.1) is 5.56 Å². The van der Waals surface area contributed by atoms with Gasteiger partial charge in [0.1, 0.15) is 5.71 Å². The Kier molecular flexibility index (Phi) is 9.81. The number of carbonyl (C=O) groups is 1. The van der Waals surface area contributed by atoms with E-state index in [2.05, 4.69) is 68.4 Å². The van der Waals surface area contributed by atoms with Crippen molar-refractivity contribution in [1.29, 1.82) is 0 Å². The molecular formula is C30H35NO3. The van der Waals surface area contributed by atoms with Crippen molar-refractivity contribution in [3.63, 3.8) is 0 Å². The maximum absolute atomic E-state index is 11.0. The quantitative estimate of drug-likeness (QED) is 0.272. The summed E-state index contributed by atoms with van der Waals surface area (Å²) in [6.07, 6.45) is 13.6. The Morgan fingerprint density at radius 1 is 1.03 bits per heavy atom. The number of aromatic carboxylic acids is 1. The second-order valence-electron chi connectivity index (χ2n) is 8.74. The van der Waals surface area contributed by atoms with E-state index in [-0.39, 0.29) is 11.0 Å². The van der Waals surface area contributed by atoms with Gasteiger partial charge in [-0.25, -0.2) is 4.79 Å². The molecule has 2 aromatic carbocycles. The molecule has 2 aromatic rings. The van der Waals surface area contributed by atoms with E-state index >= 15 is 0 Å². The average molecular weight is 458 g/mol. The molecule has 1 aliphatic rings. The van der Waals surface area contributed by atoms with E-state index in [0.717, 1.165) is 24.0 Å². The van der Waals surface area contributed by atoms with Crippen LogP contribution in [0.5, 0.6) is 0 Å². The Morgan fingerprint density at radius 3 is 2.26 bits per heavy atom. The van der Waals surface area contributed by atoms with Crippen molar-refractivity contribution in [1.82, 2.24) is 0 Å². The third kappa shape index (κ3) is 7.73. The summed E-state index contributed by atoms with van der Waals surface area (Å²) in [5.74, 6) is -0.958. The first-order chi connectivity index (χ1) is 16.3. The molecular weight excluding hydrogens is 422 g/mol. The maximum Gasteiger partial charge on any atom is 0.335 e. The van der Waals surface area contributed by atoms with Crippen LogP contribution in [0.3, 0.4) is 0 Å². The second kappa shape index (κ2) is 12.5. The van der Waals surface area contributed by atoms with Crippen LogP contribution in [0.15, 0.2) is 89.6 Å². The molecule has 178 valence electrons. The molecule has 3 rings (SSSR count). The normalized spacial score (nSPS) is 19.9. The molecule has 0 saturated heterocycles. The van der Waals surface area contributed by atoms with Gasteiger partial charge in [0.2, 0.25) is 0 Å². The summed E-state index contributed by atoms with van der Waals surface area (Å²) in [6.45, 7) is 10.5. The van der Waals surface area contributed by atoms with Crippen molar-refractivity contribution in [3.8, 4) is 0 Å². The number of hydrogen-bond donors (Lipinski definition) is 2. The monoisotopic (exact) mass is 457 g/mol. The van der Waals surface area contributed by atoms with Crippen molar-refractivity contribution in [2.75, 3.05) is 0 Å². The SMILES string of the molecule is CC.Cc1ccc(/C2=C/C(C)(C)C/C=C(C(/C=C/c3ccc(C(=O)O)cc3)=N/O)\C=C/C2)cc1. The molecule has 0 spiro atoms. The van der Waals surface area contributed by atoms with Gasteiger partial charge in [-0.2, -0.15) is 0 Å². The Morgan fingerprint density at radius 2 is 1.68 bits per heavy atom. The number of aryl methyl sites for hydroxylation is 1. The first-order valence-corrected chi connectivity index (χ1v) is 11.7. The van der Waals surface area contributed by atoms with Crippen LogP contribution in [0.1, 0.15) is 67.6 Å². The summed E-state index contributed by atoms with van der Waals surface area (Å²) in [4.78, 5) is 11.0. The lowest BCUT2D eigenvalue weighted by molar-refractivity contribution is 0.0697. The van der Waals surface area contributed by atoms with E-state index in [1.165, 1.54) is 16.7 Å². The van der Waals surface area contributed by atoms with Gasteiger partial charge < -0.3 is 10.3 Å². The van der Waals surface area contributed by atoms with Gasteiger partial charge in [-0.1, -0.05) is 105 Å². The smallest absolute Gasteiger partial charge is 0.335 e. The first-order valence-electron chi connectivity index (χ1n) is 11.7. The fourth-order valence-corrected chi connectivity index (χ4v) is 3.60. The lowest BCUT2D eigenvalue weighted by Crippen LogP contribution is -2.08. The van der Waals surface area contributed by atoms with E-state index in [4.69, 9.17) is 5.11 Å². The summed E-state index contributed by atoms with van der Waals surface area (Å²) in [5, 5.41) is 22.2. The number of nitrogens with zero attached hydrogens (tertiary/aromatic N) is 1. The van der Waals surface area contributed by atoms with Gasteiger partial charge in [-0.3, -0.25) is 0 Å². The number of carboxylic acids is 1. The van der Waals surface area contributed by atoms with Crippen LogP contribution in [-0.4, -0.2) is 22.0 Å². The molecule has 0 atom stereocenters. The van der Waals surface area contributed by atoms with Crippen molar-refractivity contribution in [2.45, 2.75) is 47.5 Å². The molecule has 2 N–H and O–H groups in total. The maximum atomic E-state index is 11.0. The zero-order valence-corrected chi connectivity index (χ0v) is 20.7. The summed E-state index contributed by atoms with van der Waals surface area (Å²) < 4.78 is 0.